The smallest absolute Gasteiger partial charge is 0.255 e. The topological polar surface area (TPSA) is 55.1 Å². The van der Waals surface area contributed by atoms with Crippen molar-refractivity contribution in [3.05, 3.63) is 55.0 Å². The van der Waals surface area contributed by atoms with E-state index in [2.05, 4.69) is 43.8 Å². The van der Waals surface area contributed by atoms with Crippen LogP contribution in [-0.4, -0.2) is 5.91 Å². The van der Waals surface area contributed by atoms with E-state index in [9.17, 15) is 4.79 Å². The van der Waals surface area contributed by atoms with Crippen molar-refractivity contribution in [2.75, 3.05) is 11.1 Å². The van der Waals surface area contributed by atoms with Gasteiger partial charge in [-0.1, -0.05) is 11.6 Å². The van der Waals surface area contributed by atoms with E-state index in [4.69, 9.17) is 17.3 Å². The number of carbonyl (C=O) groups excluding carboxylic acids is 1. The Morgan fingerprint density at radius 1 is 1.26 bits per heavy atom. The zero-order chi connectivity index (χ0) is 14.0. The van der Waals surface area contributed by atoms with Crippen LogP contribution in [0, 0.1) is 3.57 Å². The summed E-state index contributed by atoms with van der Waals surface area (Å²) in [6, 6.07) is 10.4. The van der Waals surface area contributed by atoms with Crippen molar-refractivity contribution in [1.82, 2.24) is 0 Å². The molecule has 0 aliphatic rings. The maximum absolute atomic E-state index is 12.1. The van der Waals surface area contributed by atoms with Crippen LogP contribution in [0.4, 0.5) is 11.4 Å². The van der Waals surface area contributed by atoms with Crippen LogP contribution in [-0.2, 0) is 0 Å². The number of benzene rings is 2. The molecule has 3 N–H and O–H groups in total. The first-order valence-electron chi connectivity index (χ1n) is 5.29. The summed E-state index contributed by atoms with van der Waals surface area (Å²) in [5.41, 5.74) is 7.44. The number of halogens is 3. The molecule has 2 rings (SSSR count). The molecule has 1 amide bonds. The third-order valence-electron chi connectivity index (χ3n) is 2.42. The number of rotatable bonds is 2. The Morgan fingerprint density at radius 3 is 2.63 bits per heavy atom. The van der Waals surface area contributed by atoms with Gasteiger partial charge < -0.3 is 11.1 Å². The van der Waals surface area contributed by atoms with Crippen molar-refractivity contribution in [2.45, 2.75) is 0 Å². The second-order valence-corrected chi connectivity index (χ2v) is 6.25. The van der Waals surface area contributed by atoms with Crippen molar-refractivity contribution < 1.29 is 4.79 Å². The number of hydrogen-bond acceptors (Lipinski definition) is 2. The van der Waals surface area contributed by atoms with E-state index in [-0.39, 0.29) is 5.91 Å². The summed E-state index contributed by atoms with van der Waals surface area (Å²) < 4.78 is 1.64. The van der Waals surface area contributed by atoms with Gasteiger partial charge in [0.05, 0.1) is 10.7 Å². The first-order chi connectivity index (χ1) is 8.97. The Hall–Kier alpha value is -0.790. The van der Waals surface area contributed by atoms with Gasteiger partial charge in [-0.25, -0.2) is 0 Å². The molecule has 0 saturated carbocycles. The third kappa shape index (κ3) is 3.61. The Balaban J connectivity index is 2.23. The summed E-state index contributed by atoms with van der Waals surface area (Å²) >= 11 is 11.5. The monoisotopic (exact) mass is 450 g/mol. The van der Waals surface area contributed by atoms with Gasteiger partial charge in [-0.15, -0.1) is 0 Å². The maximum Gasteiger partial charge on any atom is 0.255 e. The summed E-state index contributed by atoms with van der Waals surface area (Å²) in [7, 11) is 0. The molecular weight excluding hydrogens is 442 g/mol. The molecule has 3 nitrogen and oxygen atoms in total. The largest absolute Gasteiger partial charge is 0.399 e. The van der Waals surface area contributed by atoms with Gasteiger partial charge in [0.25, 0.3) is 5.91 Å². The van der Waals surface area contributed by atoms with Gasteiger partial charge in [0.2, 0.25) is 0 Å². The average Bonchev–Trinajstić information content (AvgIpc) is 2.36. The van der Waals surface area contributed by atoms with Gasteiger partial charge in [-0.3, -0.25) is 4.79 Å². The fourth-order valence-corrected chi connectivity index (χ4v) is 2.48. The van der Waals surface area contributed by atoms with Crippen LogP contribution >= 0.6 is 50.1 Å². The quantitative estimate of drug-likeness (QED) is 0.520. The van der Waals surface area contributed by atoms with E-state index >= 15 is 0 Å². The van der Waals surface area contributed by atoms with Crippen LogP contribution in [0.3, 0.4) is 0 Å². The van der Waals surface area contributed by atoms with Gasteiger partial charge in [0.1, 0.15) is 0 Å². The second kappa shape index (κ2) is 6.11. The van der Waals surface area contributed by atoms with Gasteiger partial charge in [-0.05, 0) is 74.9 Å². The predicted octanol–water partition coefficient (Wildman–Crippen LogP) is 4.54. The molecule has 0 fully saturated rings. The molecular formula is C13H9BrClIN2O. The molecule has 19 heavy (non-hydrogen) atoms. The van der Waals surface area contributed by atoms with Crippen molar-refractivity contribution >= 4 is 67.4 Å². The van der Waals surface area contributed by atoms with Gasteiger partial charge >= 0.3 is 0 Å². The number of hydrogen-bond donors (Lipinski definition) is 2. The number of anilines is 2. The first-order valence-corrected chi connectivity index (χ1v) is 7.54. The molecule has 2 aromatic carbocycles. The number of nitrogen functional groups attached to an aromatic ring is 1. The maximum atomic E-state index is 12.1. The highest BCUT2D eigenvalue weighted by Crippen LogP contribution is 2.26. The molecule has 0 heterocycles. The van der Waals surface area contributed by atoms with Crippen LogP contribution in [0.5, 0.6) is 0 Å². The fourth-order valence-electron chi connectivity index (χ4n) is 1.46. The normalized spacial score (nSPS) is 10.3. The highest BCUT2D eigenvalue weighted by Gasteiger charge is 2.10. The van der Waals surface area contributed by atoms with Crippen LogP contribution in [0.25, 0.3) is 0 Å². The molecule has 0 atom stereocenters. The average molecular weight is 451 g/mol. The lowest BCUT2D eigenvalue weighted by Gasteiger charge is -2.08. The summed E-state index contributed by atoms with van der Waals surface area (Å²) in [6.07, 6.45) is 0. The standard InChI is InChI=1S/C13H9BrClIN2O/c14-9-6-8(17)2-4-12(9)18-13(19)7-1-3-11(16)10(15)5-7/h1-6H,17H2,(H,18,19). The van der Waals surface area contributed by atoms with E-state index in [0.717, 1.165) is 8.04 Å². The zero-order valence-corrected chi connectivity index (χ0v) is 14.1. The van der Waals surface area contributed by atoms with Crippen LogP contribution in [0.15, 0.2) is 40.9 Å². The van der Waals surface area contributed by atoms with Crippen molar-refractivity contribution in [2.24, 2.45) is 0 Å². The summed E-state index contributed by atoms with van der Waals surface area (Å²) in [5, 5.41) is 3.36. The molecule has 0 saturated heterocycles. The minimum Gasteiger partial charge on any atom is -0.399 e. The summed E-state index contributed by atoms with van der Waals surface area (Å²) in [4.78, 5) is 12.1. The minimum atomic E-state index is -0.219. The molecule has 0 spiro atoms. The molecule has 98 valence electrons. The molecule has 2 aromatic rings. The predicted molar refractivity (Wildman–Crippen MR) is 90.7 cm³/mol. The molecule has 0 aliphatic heterocycles. The summed E-state index contributed by atoms with van der Waals surface area (Å²) in [6.45, 7) is 0. The molecule has 0 aliphatic carbocycles. The van der Waals surface area contributed by atoms with Crippen LogP contribution < -0.4 is 11.1 Å². The second-order valence-electron chi connectivity index (χ2n) is 3.82. The highest BCUT2D eigenvalue weighted by atomic mass is 127. The molecule has 0 bridgehead atoms. The lowest BCUT2D eigenvalue weighted by molar-refractivity contribution is 0.102. The third-order valence-corrected chi connectivity index (χ3v) is 4.65. The van der Waals surface area contributed by atoms with Crippen molar-refractivity contribution in [1.29, 1.82) is 0 Å². The number of nitrogens with one attached hydrogen (secondary N) is 1. The first kappa shape index (κ1) is 14.6. The molecule has 0 radical (unpaired) electrons. The lowest BCUT2D eigenvalue weighted by atomic mass is 10.2. The van der Waals surface area contributed by atoms with Crippen LogP contribution in [0.2, 0.25) is 5.02 Å². The number of nitrogens with two attached hydrogens (primary N) is 1. The molecule has 0 aromatic heterocycles. The number of carbonyl (C=O) groups is 1. The Bertz CT molecular complexity index is 649. The van der Waals surface area contributed by atoms with Gasteiger partial charge in [0.15, 0.2) is 0 Å². The van der Waals surface area contributed by atoms with E-state index in [1.807, 2.05) is 0 Å². The highest BCUT2D eigenvalue weighted by molar-refractivity contribution is 14.1. The van der Waals surface area contributed by atoms with E-state index in [1.165, 1.54) is 0 Å². The van der Waals surface area contributed by atoms with Crippen LogP contribution in [0.1, 0.15) is 10.4 Å². The Labute approximate surface area is 137 Å². The molecule has 0 unspecified atom stereocenters. The minimum absolute atomic E-state index is 0.219. The van der Waals surface area contributed by atoms with E-state index < -0.39 is 0 Å². The SMILES string of the molecule is Nc1ccc(NC(=O)c2ccc(I)c(Cl)c2)c(Br)c1. The Morgan fingerprint density at radius 2 is 2.00 bits per heavy atom. The van der Waals surface area contributed by atoms with Gasteiger partial charge in [-0.2, -0.15) is 0 Å². The van der Waals surface area contributed by atoms with E-state index in [0.29, 0.717) is 22.0 Å². The molecule has 6 heteroatoms. The van der Waals surface area contributed by atoms with Crippen molar-refractivity contribution in [3.8, 4) is 0 Å². The lowest BCUT2D eigenvalue weighted by Crippen LogP contribution is -2.12. The summed E-state index contributed by atoms with van der Waals surface area (Å²) in [5.74, 6) is -0.219. The van der Waals surface area contributed by atoms with Crippen molar-refractivity contribution in [3.63, 3.8) is 0 Å². The van der Waals surface area contributed by atoms with E-state index in [1.54, 1.807) is 36.4 Å². The number of amides is 1. The van der Waals surface area contributed by atoms with Gasteiger partial charge in [0, 0.05) is 19.3 Å². The zero-order valence-electron chi connectivity index (χ0n) is 9.58. The fraction of sp³-hybridized carbons (Fsp3) is 0. The Kier molecular flexibility index (Phi) is 4.70.